The van der Waals surface area contributed by atoms with E-state index in [1.54, 1.807) is 24.3 Å². The first-order valence-corrected chi connectivity index (χ1v) is 6.68. The summed E-state index contributed by atoms with van der Waals surface area (Å²) >= 11 is 0. The number of carbonyl (C=O) groups excluding carboxylic acids is 2. The number of carbonyl (C=O) groups is 2. The second-order valence-electron chi connectivity index (χ2n) is 4.99. The predicted molar refractivity (Wildman–Crippen MR) is 81.1 cm³/mol. The number of hydrogen-bond acceptors (Lipinski definition) is 3. The molecular formula is C16H15N3O2. The van der Waals surface area contributed by atoms with Crippen LogP contribution in [0.3, 0.4) is 0 Å². The molecule has 106 valence electrons. The summed E-state index contributed by atoms with van der Waals surface area (Å²) in [4.78, 5) is 23.2. The maximum Gasteiger partial charge on any atom is 0.248 e. The van der Waals surface area contributed by atoms with Crippen LogP contribution in [0.5, 0.6) is 0 Å². The smallest absolute Gasteiger partial charge is 0.248 e. The molecule has 1 aliphatic rings. The van der Waals surface area contributed by atoms with Gasteiger partial charge < -0.3 is 16.4 Å². The lowest BCUT2D eigenvalue weighted by molar-refractivity contribution is -0.116. The summed E-state index contributed by atoms with van der Waals surface area (Å²) in [6.07, 6.45) is 0.668. The summed E-state index contributed by atoms with van der Waals surface area (Å²) in [6.45, 7) is 0. The van der Waals surface area contributed by atoms with E-state index < -0.39 is 5.91 Å². The number of nitrogens with two attached hydrogens (primary N) is 1. The molecule has 0 aromatic heterocycles. The van der Waals surface area contributed by atoms with Gasteiger partial charge in [0.1, 0.15) is 6.04 Å². The third-order valence-corrected chi connectivity index (χ3v) is 3.52. The van der Waals surface area contributed by atoms with Crippen molar-refractivity contribution in [2.75, 3.05) is 10.6 Å². The van der Waals surface area contributed by atoms with Gasteiger partial charge in [-0.1, -0.05) is 18.2 Å². The Morgan fingerprint density at radius 1 is 1.10 bits per heavy atom. The Balaban J connectivity index is 1.66. The largest absolute Gasteiger partial charge is 0.373 e. The van der Waals surface area contributed by atoms with Crippen LogP contribution in [0.1, 0.15) is 15.9 Å². The molecule has 3 rings (SSSR count). The highest BCUT2D eigenvalue weighted by Crippen LogP contribution is 2.25. The van der Waals surface area contributed by atoms with Gasteiger partial charge in [-0.15, -0.1) is 0 Å². The van der Waals surface area contributed by atoms with Crippen molar-refractivity contribution >= 4 is 23.2 Å². The first-order chi connectivity index (χ1) is 10.1. The molecule has 0 unspecified atom stereocenters. The van der Waals surface area contributed by atoms with Crippen LogP contribution in [0.25, 0.3) is 0 Å². The molecule has 0 fully saturated rings. The van der Waals surface area contributed by atoms with Crippen LogP contribution >= 0.6 is 0 Å². The topological polar surface area (TPSA) is 84.2 Å². The van der Waals surface area contributed by atoms with Gasteiger partial charge in [-0.2, -0.15) is 0 Å². The van der Waals surface area contributed by atoms with Crippen molar-refractivity contribution in [3.63, 3.8) is 0 Å². The van der Waals surface area contributed by atoms with Gasteiger partial charge >= 0.3 is 0 Å². The Bertz CT molecular complexity index is 670. The van der Waals surface area contributed by atoms with Gasteiger partial charge in [-0.05, 0) is 35.9 Å². The highest BCUT2D eigenvalue weighted by Gasteiger charge is 2.26. The summed E-state index contributed by atoms with van der Waals surface area (Å²) in [5, 5.41) is 6.03. The maximum atomic E-state index is 12.2. The van der Waals surface area contributed by atoms with E-state index in [1.807, 2.05) is 24.3 Å². The zero-order valence-electron chi connectivity index (χ0n) is 11.3. The van der Waals surface area contributed by atoms with Gasteiger partial charge in [-0.3, -0.25) is 9.59 Å². The molecule has 4 N–H and O–H groups in total. The minimum absolute atomic E-state index is 0.0991. The molecule has 2 aromatic carbocycles. The lowest BCUT2D eigenvalue weighted by Crippen LogP contribution is -2.32. The number of nitrogens with one attached hydrogen (secondary N) is 2. The van der Waals surface area contributed by atoms with Crippen molar-refractivity contribution in [3.8, 4) is 0 Å². The fraction of sp³-hybridized carbons (Fsp3) is 0.125. The molecule has 5 heteroatoms. The van der Waals surface area contributed by atoms with Gasteiger partial charge in [0.25, 0.3) is 0 Å². The van der Waals surface area contributed by atoms with Crippen molar-refractivity contribution < 1.29 is 9.59 Å². The van der Waals surface area contributed by atoms with E-state index in [0.29, 0.717) is 17.7 Å². The summed E-state index contributed by atoms with van der Waals surface area (Å²) in [5.41, 5.74) is 8.38. The van der Waals surface area contributed by atoms with Gasteiger partial charge in [0.15, 0.2) is 0 Å². The molecule has 21 heavy (non-hydrogen) atoms. The molecule has 2 aromatic rings. The Kier molecular flexibility index (Phi) is 3.31. The normalized spacial score (nSPS) is 15.9. The van der Waals surface area contributed by atoms with Crippen LogP contribution in [0.4, 0.5) is 11.4 Å². The Labute approximate surface area is 122 Å². The second-order valence-corrected chi connectivity index (χ2v) is 4.99. The molecule has 0 aliphatic carbocycles. The number of primary amides is 1. The van der Waals surface area contributed by atoms with Crippen molar-refractivity contribution in [2.45, 2.75) is 12.5 Å². The zero-order valence-corrected chi connectivity index (χ0v) is 11.3. The SMILES string of the molecule is NC(=O)c1ccc(NC(=O)[C@@H]2Cc3ccccc3N2)cc1. The van der Waals surface area contributed by atoms with Gasteiger partial charge in [0.2, 0.25) is 11.8 Å². The van der Waals surface area contributed by atoms with E-state index in [9.17, 15) is 9.59 Å². The average Bonchev–Trinajstić information content (AvgIpc) is 2.92. The van der Waals surface area contributed by atoms with Crippen LogP contribution in [-0.2, 0) is 11.2 Å². The molecule has 0 saturated carbocycles. The third-order valence-electron chi connectivity index (χ3n) is 3.52. The van der Waals surface area contributed by atoms with Crippen LogP contribution in [0, 0.1) is 0 Å². The van der Waals surface area contributed by atoms with Crippen molar-refractivity contribution in [1.82, 2.24) is 0 Å². The molecule has 5 nitrogen and oxygen atoms in total. The van der Waals surface area contributed by atoms with Crippen molar-refractivity contribution in [2.24, 2.45) is 5.73 Å². The number of benzene rings is 2. The summed E-state index contributed by atoms with van der Waals surface area (Å²) < 4.78 is 0. The van der Waals surface area contributed by atoms with Crippen molar-refractivity contribution in [1.29, 1.82) is 0 Å². The van der Waals surface area contributed by atoms with Gasteiger partial charge in [0.05, 0.1) is 0 Å². The molecule has 1 atom stereocenters. The standard InChI is InChI=1S/C16H15N3O2/c17-15(20)10-5-7-12(8-6-10)18-16(21)14-9-11-3-1-2-4-13(11)19-14/h1-8,14,19H,9H2,(H2,17,20)(H,18,21)/t14-/m0/s1. The molecule has 2 amide bonds. The first kappa shape index (κ1) is 13.2. The molecule has 1 heterocycles. The van der Waals surface area contributed by atoms with E-state index in [4.69, 9.17) is 5.73 Å². The second kappa shape index (κ2) is 5.28. The van der Waals surface area contributed by atoms with E-state index in [2.05, 4.69) is 10.6 Å². The monoisotopic (exact) mass is 281 g/mol. The maximum absolute atomic E-state index is 12.2. The lowest BCUT2D eigenvalue weighted by Gasteiger charge is -2.12. The Morgan fingerprint density at radius 2 is 1.81 bits per heavy atom. The molecule has 1 aliphatic heterocycles. The van der Waals surface area contributed by atoms with Crippen LogP contribution in [0.2, 0.25) is 0 Å². The number of hydrogen-bond donors (Lipinski definition) is 3. The fourth-order valence-electron chi connectivity index (χ4n) is 2.40. The van der Waals surface area contributed by atoms with E-state index in [-0.39, 0.29) is 11.9 Å². The van der Waals surface area contributed by atoms with Crippen molar-refractivity contribution in [3.05, 3.63) is 59.7 Å². The van der Waals surface area contributed by atoms with Crippen LogP contribution < -0.4 is 16.4 Å². The molecule has 0 bridgehead atoms. The number of amides is 2. The summed E-state index contributed by atoms with van der Waals surface area (Å²) in [7, 11) is 0. The number of anilines is 2. The zero-order chi connectivity index (χ0) is 14.8. The van der Waals surface area contributed by atoms with Crippen LogP contribution in [-0.4, -0.2) is 17.9 Å². The number of rotatable bonds is 3. The van der Waals surface area contributed by atoms with Gasteiger partial charge in [0, 0.05) is 23.4 Å². The van der Waals surface area contributed by atoms with Gasteiger partial charge in [-0.25, -0.2) is 0 Å². The fourth-order valence-corrected chi connectivity index (χ4v) is 2.40. The third kappa shape index (κ3) is 2.72. The molecule has 0 spiro atoms. The Morgan fingerprint density at radius 3 is 2.48 bits per heavy atom. The average molecular weight is 281 g/mol. The molecule has 0 radical (unpaired) electrons. The molecule has 0 saturated heterocycles. The minimum atomic E-state index is -0.485. The van der Waals surface area contributed by atoms with E-state index in [0.717, 1.165) is 11.3 Å². The number of fused-ring (bicyclic) bond motifs is 1. The molecular weight excluding hydrogens is 266 g/mol. The minimum Gasteiger partial charge on any atom is -0.373 e. The summed E-state index contributed by atoms with van der Waals surface area (Å²) in [6, 6.07) is 14.1. The lowest BCUT2D eigenvalue weighted by atomic mass is 10.1. The number of para-hydroxylation sites is 1. The highest BCUT2D eigenvalue weighted by atomic mass is 16.2. The Hall–Kier alpha value is -2.82. The van der Waals surface area contributed by atoms with E-state index >= 15 is 0 Å². The van der Waals surface area contributed by atoms with Crippen LogP contribution in [0.15, 0.2) is 48.5 Å². The highest BCUT2D eigenvalue weighted by molar-refractivity contribution is 5.99. The quantitative estimate of drug-likeness (QED) is 0.801. The first-order valence-electron chi connectivity index (χ1n) is 6.68. The van der Waals surface area contributed by atoms with E-state index in [1.165, 1.54) is 0 Å². The predicted octanol–water partition coefficient (Wildman–Crippen LogP) is 1.76. The summed E-state index contributed by atoms with van der Waals surface area (Å²) in [5.74, 6) is -0.584.